The van der Waals surface area contributed by atoms with Crippen LogP contribution in [0.2, 0.25) is 0 Å². The van der Waals surface area contributed by atoms with Crippen molar-refractivity contribution in [2.24, 2.45) is 0 Å². The van der Waals surface area contributed by atoms with Crippen LogP contribution < -0.4 is 0 Å². The highest BCUT2D eigenvalue weighted by molar-refractivity contribution is 5.76. The van der Waals surface area contributed by atoms with Gasteiger partial charge in [0.2, 0.25) is 0 Å². The van der Waals surface area contributed by atoms with E-state index in [1.165, 1.54) is 13.5 Å². The number of hydrogen-bond donors (Lipinski definition) is 0. The number of hydrogen-bond acceptors (Lipinski definition) is 4. The van der Waals surface area contributed by atoms with Gasteiger partial charge in [-0.15, -0.1) is 0 Å². The largest absolute Gasteiger partial charge is 0.468 e. The highest BCUT2D eigenvalue weighted by Crippen LogP contribution is 2.18. The maximum Gasteiger partial charge on any atom is 0.323 e. The monoisotopic (exact) mass is 229 g/mol. The lowest BCUT2D eigenvalue weighted by Gasteiger charge is -2.38. The van der Waals surface area contributed by atoms with Crippen LogP contribution in [0.1, 0.15) is 32.6 Å². The van der Waals surface area contributed by atoms with Crippen molar-refractivity contribution in [3.63, 3.8) is 0 Å². The van der Waals surface area contributed by atoms with E-state index < -0.39 is 0 Å². The third-order valence-electron chi connectivity index (χ3n) is 2.98. The smallest absolute Gasteiger partial charge is 0.323 e. The molecule has 16 heavy (non-hydrogen) atoms. The fourth-order valence-electron chi connectivity index (χ4n) is 1.83. The van der Waals surface area contributed by atoms with Gasteiger partial charge in [-0.3, -0.25) is 9.69 Å². The molecule has 0 saturated carbocycles. The van der Waals surface area contributed by atoms with Gasteiger partial charge in [0.1, 0.15) is 6.04 Å². The van der Waals surface area contributed by atoms with Crippen LogP contribution in [0.5, 0.6) is 0 Å². The van der Waals surface area contributed by atoms with Crippen molar-refractivity contribution in [1.29, 1.82) is 0 Å². The first kappa shape index (κ1) is 13.5. The van der Waals surface area contributed by atoms with Crippen LogP contribution in [0.4, 0.5) is 0 Å². The third-order valence-corrected chi connectivity index (χ3v) is 2.98. The summed E-state index contributed by atoms with van der Waals surface area (Å²) in [4.78, 5) is 13.4. The van der Waals surface area contributed by atoms with Gasteiger partial charge >= 0.3 is 5.97 Å². The van der Waals surface area contributed by atoms with Gasteiger partial charge in [-0.25, -0.2) is 0 Å². The lowest BCUT2D eigenvalue weighted by molar-refractivity contribution is -0.152. The van der Waals surface area contributed by atoms with Gasteiger partial charge in [0, 0.05) is 26.3 Å². The van der Waals surface area contributed by atoms with Crippen molar-refractivity contribution in [2.75, 3.05) is 33.4 Å². The van der Waals surface area contributed by atoms with Crippen LogP contribution in [0.25, 0.3) is 0 Å². The topological polar surface area (TPSA) is 38.8 Å². The van der Waals surface area contributed by atoms with Gasteiger partial charge in [-0.2, -0.15) is 0 Å². The van der Waals surface area contributed by atoms with E-state index in [1.54, 1.807) is 0 Å². The van der Waals surface area contributed by atoms with E-state index in [9.17, 15) is 4.79 Å². The van der Waals surface area contributed by atoms with Gasteiger partial charge in [0.25, 0.3) is 0 Å². The van der Waals surface area contributed by atoms with Crippen LogP contribution >= 0.6 is 0 Å². The van der Waals surface area contributed by atoms with Gasteiger partial charge < -0.3 is 9.47 Å². The second-order valence-electron chi connectivity index (χ2n) is 4.18. The van der Waals surface area contributed by atoms with Crippen LogP contribution in [-0.4, -0.2) is 50.3 Å². The first-order valence-corrected chi connectivity index (χ1v) is 6.19. The van der Waals surface area contributed by atoms with E-state index in [0.29, 0.717) is 0 Å². The summed E-state index contributed by atoms with van der Waals surface area (Å²) >= 11 is 0. The molecule has 1 unspecified atom stereocenters. The minimum absolute atomic E-state index is 0.000594. The minimum atomic E-state index is -0.0989. The Morgan fingerprint density at radius 3 is 2.69 bits per heavy atom. The average Bonchev–Trinajstić information content (AvgIpc) is 2.26. The summed E-state index contributed by atoms with van der Waals surface area (Å²) in [6, 6.07) is 0.000594. The molecule has 0 amide bonds. The molecule has 94 valence electrons. The molecule has 0 spiro atoms. The minimum Gasteiger partial charge on any atom is -0.468 e. The standard InChI is InChI=1S/C12H23NO3/c1-3-4-9-16-10-5-7-13-8-6-11(13)12(14)15-2/h11H,3-10H2,1-2H3. The summed E-state index contributed by atoms with van der Waals surface area (Å²) in [6.07, 6.45) is 4.24. The van der Waals surface area contributed by atoms with Crippen molar-refractivity contribution in [2.45, 2.75) is 38.6 Å². The molecule has 1 aliphatic heterocycles. The lowest BCUT2D eigenvalue weighted by atomic mass is 10.0. The summed E-state index contributed by atoms with van der Waals surface area (Å²) in [5.41, 5.74) is 0. The van der Waals surface area contributed by atoms with Crippen molar-refractivity contribution < 1.29 is 14.3 Å². The fourth-order valence-corrected chi connectivity index (χ4v) is 1.83. The van der Waals surface area contributed by atoms with Crippen LogP contribution in [0.15, 0.2) is 0 Å². The van der Waals surface area contributed by atoms with E-state index >= 15 is 0 Å². The number of rotatable bonds is 8. The molecule has 1 atom stereocenters. The molecule has 1 aliphatic rings. The highest BCUT2D eigenvalue weighted by Gasteiger charge is 2.34. The van der Waals surface area contributed by atoms with E-state index in [2.05, 4.69) is 11.8 Å². The van der Waals surface area contributed by atoms with Crippen molar-refractivity contribution in [1.82, 2.24) is 4.90 Å². The molecule has 0 aromatic heterocycles. The Morgan fingerprint density at radius 2 is 2.12 bits per heavy atom. The number of unbranched alkanes of at least 4 members (excludes halogenated alkanes) is 1. The molecular weight excluding hydrogens is 206 g/mol. The maximum atomic E-state index is 11.3. The molecule has 0 aromatic carbocycles. The summed E-state index contributed by atoms with van der Waals surface area (Å²) in [5, 5.41) is 0. The van der Waals surface area contributed by atoms with E-state index in [1.807, 2.05) is 0 Å². The fraction of sp³-hybridized carbons (Fsp3) is 0.917. The number of esters is 1. The lowest BCUT2D eigenvalue weighted by Crippen LogP contribution is -2.53. The Morgan fingerprint density at radius 1 is 1.38 bits per heavy atom. The molecule has 0 bridgehead atoms. The Bertz CT molecular complexity index is 208. The number of nitrogens with zero attached hydrogens (tertiary/aromatic N) is 1. The summed E-state index contributed by atoms with van der Waals surface area (Å²) in [5.74, 6) is -0.0989. The zero-order valence-corrected chi connectivity index (χ0v) is 10.4. The first-order chi connectivity index (χ1) is 7.79. The van der Waals surface area contributed by atoms with E-state index in [-0.39, 0.29) is 12.0 Å². The Balaban J connectivity index is 1.99. The molecule has 0 N–H and O–H groups in total. The third kappa shape index (κ3) is 4.10. The zero-order chi connectivity index (χ0) is 11.8. The van der Waals surface area contributed by atoms with Crippen LogP contribution in [0.3, 0.4) is 0 Å². The van der Waals surface area contributed by atoms with Gasteiger partial charge in [-0.05, 0) is 19.3 Å². The average molecular weight is 229 g/mol. The number of carbonyl (C=O) groups excluding carboxylic acids is 1. The van der Waals surface area contributed by atoms with Crippen LogP contribution in [-0.2, 0) is 14.3 Å². The first-order valence-electron chi connectivity index (χ1n) is 6.19. The van der Waals surface area contributed by atoms with Crippen molar-refractivity contribution in [3.05, 3.63) is 0 Å². The Labute approximate surface area is 97.9 Å². The molecule has 0 aliphatic carbocycles. The number of methoxy groups -OCH3 is 1. The van der Waals surface area contributed by atoms with E-state index in [0.717, 1.165) is 45.6 Å². The van der Waals surface area contributed by atoms with Crippen molar-refractivity contribution >= 4 is 5.97 Å². The number of likely N-dealkylation sites (tertiary alicyclic amines) is 1. The van der Waals surface area contributed by atoms with Gasteiger partial charge in [0.05, 0.1) is 7.11 Å². The predicted molar refractivity (Wildman–Crippen MR) is 62.3 cm³/mol. The molecule has 1 rings (SSSR count). The number of ether oxygens (including phenoxy) is 2. The molecule has 4 nitrogen and oxygen atoms in total. The maximum absolute atomic E-state index is 11.3. The Hall–Kier alpha value is -0.610. The summed E-state index contributed by atoms with van der Waals surface area (Å²) < 4.78 is 10.2. The summed E-state index contributed by atoms with van der Waals surface area (Å²) in [6.45, 7) is 5.76. The molecule has 0 aromatic rings. The number of carbonyl (C=O) groups is 1. The summed E-state index contributed by atoms with van der Waals surface area (Å²) in [7, 11) is 1.45. The zero-order valence-electron chi connectivity index (χ0n) is 10.4. The molecular formula is C12H23NO3. The normalized spacial score (nSPS) is 20.5. The van der Waals surface area contributed by atoms with Crippen molar-refractivity contribution in [3.8, 4) is 0 Å². The second kappa shape index (κ2) is 7.63. The molecule has 4 heteroatoms. The predicted octanol–water partition coefficient (Wildman–Crippen LogP) is 1.44. The SMILES string of the molecule is CCCCOCCCN1CCC1C(=O)OC. The molecule has 1 heterocycles. The quantitative estimate of drug-likeness (QED) is 0.466. The Kier molecular flexibility index (Phi) is 6.42. The highest BCUT2D eigenvalue weighted by atomic mass is 16.5. The van der Waals surface area contributed by atoms with E-state index in [4.69, 9.17) is 9.47 Å². The molecule has 0 radical (unpaired) electrons. The molecule has 1 saturated heterocycles. The van der Waals surface area contributed by atoms with Crippen LogP contribution in [0, 0.1) is 0 Å². The van der Waals surface area contributed by atoms with Gasteiger partial charge in [0.15, 0.2) is 0 Å². The van der Waals surface area contributed by atoms with Gasteiger partial charge in [-0.1, -0.05) is 13.3 Å². The second-order valence-corrected chi connectivity index (χ2v) is 4.18. The molecule has 1 fully saturated rings.